The van der Waals surface area contributed by atoms with E-state index in [1.54, 1.807) is 0 Å². The number of amides is 2. The lowest BCUT2D eigenvalue weighted by atomic mass is 9.90. The minimum absolute atomic E-state index is 0.0468. The van der Waals surface area contributed by atoms with E-state index in [4.69, 9.17) is 0 Å². The summed E-state index contributed by atoms with van der Waals surface area (Å²) in [5.41, 5.74) is 1.92. The number of hydrogen-bond donors (Lipinski definition) is 1. The predicted octanol–water partition coefficient (Wildman–Crippen LogP) is 2.25. The van der Waals surface area contributed by atoms with Crippen molar-refractivity contribution in [1.29, 1.82) is 0 Å². The molecule has 0 aliphatic carbocycles. The number of benzene rings is 2. The number of H-pyrrole nitrogens is 1. The Bertz CT molecular complexity index is 1220. The lowest BCUT2D eigenvalue weighted by Crippen LogP contribution is -2.56. The van der Waals surface area contributed by atoms with Crippen molar-refractivity contribution in [3.63, 3.8) is 0 Å². The number of pyridine rings is 1. The van der Waals surface area contributed by atoms with E-state index in [1.165, 1.54) is 34.7 Å². The molecule has 2 amide bonds. The molecular weight excluding hydrogens is 373 g/mol. The van der Waals surface area contributed by atoms with Crippen LogP contribution in [0.1, 0.15) is 27.5 Å². The van der Waals surface area contributed by atoms with E-state index in [9.17, 15) is 18.8 Å². The van der Waals surface area contributed by atoms with Crippen LogP contribution in [0.2, 0.25) is 0 Å². The summed E-state index contributed by atoms with van der Waals surface area (Å²) in [6, 6.07) is 13.2. The zero-order valence-corrected chi connectivity index (χ0v) is 15.5. The third kappa shape index (κ3) is 2.90. The largest absolute Gasteiger partial charge is 0.332 e. The van der Waals surface area contributed by atoms with Crippen molar-refractivity contribution >= 4 is 22.7 Å². The molecule has 2 aliphatic rings. The number of aromatic nitrogens is 1. The molecule has 1 N–H and O–H groups in total. The summed E-state index contributed by atoms with van der Waals surface area (Å²) >= 11 is 0. The van der Waals surface area contributed by atoms with Crippen LogP contribution in [0, 0.1) is 5.82 Å². The van der Waals surface area contributed by atoms with Gasteiger partial charge in [-0.15, -0.1) is 0 Å². The lowest BCUT2D eigenvalue weighted by Gasteiger charge is -2.44. The lowest BCUT2D eigenvalue weighted by molar-refractivity contribution is -0.139. The summed E-state index contributed by atoms with van der Waals surface area (Å²) in [6.45, 7) is 0.908. The smallest absolute Gasteiger partial charge is 0.261 e. The molecule has 1 aromatic heterocycles. The Balaban J connectivity index is 1.50. The fraction of sp³-hybridized carbons (Fsp3) is 0.227. The van der Waals surface area contributed by atoms with Crippen LogP contribution in [0.3, 0.4) is 0 Å². The molecule has 5 rings (SSSR count). The first-order valence-corrected chi connectivity index (χ1v) is 9.50. The quantitative estimate of drug-likeness (QED) is 0.692. The minimum Gasteiger partial charge on any atom is -0.332 e. The minimum atomic E-state index is -0.591. The van der Waals surface area contributed by atoms with E-state index in [0.717, 1.165) is 12.0 Å². The molecule has 1 saturated heterocycles. The van der Waals surface area contributed by atoms with E-state index in [2.05, 4.69) is 4.98 Å². The molecule has 0 saturated carbocycles. The van der Waals surface area contributed by atoms with Gasteiger partial charge in [-0.25, -0.2) is 4.39 Å². The van der Waals surface area contributed by atoms with Gasteiger partial charge in [0, 0.05) is 13.1 Å². The summed E-state index contributed by atoms with van der Waals surface area (Å²) in [5.74, 6) is -1.08. The molecule has 2 aromatic carbocycles. The molecule has 7 heteroatoms. The van der Waals surface area contributed by atoms with Crippen LogP contribution in [0.5, 0.6) is 0 Å². The SMILES string of the molecule is O=C(c1cc2ccc(F)cc2[nH]c1=O)N1CC(=O)N2CCc3ccccc3C2C1. The van der Waals surface area contributed by atoms with E-state index in [1.807, 2.05) is 29.2 Å². The zero-order chi connectivity index (χ0) is 20.1. The fourth-order valence-electron chi connectivity index (χ4n) is 4.33. The standard InChI is InChI=1S/C22H18FN3O3/c23-15-6-5-14-9-17(21(28)24-18(14)10-15)22(29)25-11-19-16-4-2-1-3-13(16)7-8-26(19)20(27)12-25/h1-6,9-10,19H,7-8,11-12H2,(H,24,28). The average molecular weight is 391 g/mol. The van der Waals surface area contributed by atoms with E-state index in [-0.39, 0.29) is 24.1 Å². The van der Waals surface area contributed by atoms with E-state index >= 15 is 0 Å². The van der Waals surface area contributed by atoms with Crippen LogP contribution in [0.25, 0.3) is 10.9 Å². The number of carbonyl (C=O) groups excluding carboxylic acids is 2. The second-order valence-electron chi connectivity index (χ2n) is 7.48. The molecule has 1 fully saturated rings. The second kappa shape index (κ2) is 6.55. The predicted molar refractivity (Wildman–Crippen MR) is 105 cm³/mol. The summed E-state index contributed by atoms with van der Waals surface area (Å²) in [7, 11) is 0. The van der Waals surface area contributed by atoms with Crippen molar-refractivity contribution in [3.8, 4) is 0 Å². The van der Waals surface area contributed by atoms with Crippen LogP contribution in [0.15, 0.2) is 53.3 Å². The molecule has 0 bridgehead atoms. The topological polar surface area (TPSA) is 73.5 Å². The van der Waals surface area contributed by atoms with Crippen molar-refractivity contribution < 1.29 is 14.0 Å². The van der Waals surface area contributed by atoms with Gasteiger partial charge in [0.05, 0.1) is 11.6 Å². The van der Waals surface area contributed by atoms with Crippen molar-refractivity contribution in [2.45, 2.75) is 12.5 Å². The highest BCUT2D eigenvalue weighted by Gasteiger charge is 2.39. The Kier molecular flexibility index (Phi) is 3.97. The van der Waals surface area contributed by atoms with E-state index in [0.29, 0.717) is 24.0 Å². The number of halogens is 1. The first-order chi connectivity index (χ1) is 14.0. The maximum atomic E-state index is 13.4. The highest BCUT2D eigenvalue weighted by molar-refractivity contribution is 5.99. The summed E-state index contributed by atoms with van der Waals surface area (Å²) in [5, 5.41) is 0.558. The van der Waals surface area contributed by atoms with Crippen LogP contribution in [-0.2, 0) is 11.2 Å². The number of carbonyl (C=O) groups is 2. The molecule has 0 radical (unpaired) electrons. The molecule has 0 spiro atoms. The third-order valence-corrected chi connectivity index (χ3v) is 5.78. The molecular formula is C22H18FN3O3. The van der Waals surface area contributed by atoms with Gasteiger partial charge in [-0.3, -0.25) is 14.4 Å². The zero-order valence-electron chi connectivity index (χ0n) is 15.5. The number of nitrogens with one attached hydrogen (secondary N) is 1. The first kappa shape index (κ1) is 17.6. The number of fused-ring (bicyclic) bond motifs is 4. The van der Waals surface area contributed by atoms with Gasteiger partial charge in [0.2, 0.25) is 5.91 Å². The molecule has 3 heterocycles. The van der Waals surface area contributed by atoms with Crippen molar-refractivity contribution in [2.75, 3.05) is 19.6 Å². The second-order valence-corrected chi connectivity index (χ2v) is 7.48. The van der Waals surface area contributed by atoms with Crippen molar-refractivity contribution in [1.82, 2.24) is 14.8 Å². The van der Waals surface area contributed by atoms with Crippen LogP contribution in [0.4, 0.5) is 4.39 Å². The van der Waals surface area contributed by atoms with Gasteiger partial charge in [0.25, 0.3) is 11.5 Å². The van der Waals surface area contributed by atoms with Crippen LogP contribution >= 0.6 is 0 Å². The Morgan fingerprint density at radius 1 is 1.10 bits per heavy atom. The highest BCUT2D eigenvalue weighted by atomic mass is 19.1. The highest BCUT2D eigenvalue weighted by Crippen LogP contribution is 2.33. The number of aromatic amines is 1. The average Bonchev–Trinajstić information content (AvgIpc) is 2.72. The Labute approximate surface area is 165 Å². The monoisotopic (exact) mass is 391 g/mol. The Morgan fingerprint density at radius 2 is 1.93 bits per heavy atom. The molecule has 2 aliphatic heterocycles. The van der Waals surface area contributed by atoms with Gasteiger partial charge >= 0.3 is 0 Å². The van der Waals surface area contributed by atoms with Gasteiger partial charge in [-0.2, -0.15) is 0 Å². The van der Waals surface area contributed by atoms with Gasteiger partial charge in [-0.05, 0) is 47.2 Å². The van der Waals surface area contributed by atoms with E-state index < -0.39 is 17.3 Å². The van der Waals surface area contributed by atoms with Crippen LogP contribution < -0.4 is 5.56 Å². The molecule has 6 nitrogen and oxygen atoms in total. The Hall–Kier alpha value is -3.48. The molecule has 1 atom stereocenters. The van der Waals surface area contributed by atoms with Gasteiger partial charge in [0.1, 0.15) is 17.9 Å². The van der Waals surface area contributed by atoms with Gasteiger partial charge in [0.15, 0.2) is 0 Å². The number of rotatable bonds is 1. The maximum absolute atomic E-state index is 13.4. The summed E-state index contributed by atoms with van der Waals surface area (Å²) in [4.78, 5) is 44.1. The van der Waals surface area contributed by atoms with Crippen LogP contribution in [-0.4, -0.2) is 46.2 Å². The van der Waals surface area contributed by atoms with Crippen molar-refractivity contribution in [3.05, 3.63) is 81.4 Å². The van der Waals surface area contributed by atoms with Gasteiger partial charge in [-0.1, -0.05) is 24.3 Å². The Morgan fingerprint density at radius 3 is 2.79 bits per heavy atom. The summed E-state index contributed by atoms with van der Waals surface area (Å²) in [6.07, 6.45) is 0.799. The number of nitrogens with zero attached hydrogens (tertiary/aromatic N) is 2. The maximum Gasteiger partial charge on any atom is 0.261 e. The molecule has 3 aromatic rings. The third-order valence-electron chi connectivity index (χ3n) is 5.78. The fourth-order valence-corrected chi connectivity index (χ4v) is 4.33. The summed E-state index contributed by atoms with van der Waals surface area (Å²) < 4.78 is 13.4. The molecule has 29 heavy (non-hydrogen) atoms. The molecule has 1 unspecified atom stereocenters. The van der Waals surface area contributed by atoms with Gasteiger partial charge < -0.3 is 14.8 Å². The number of hydrogen-bond acceptors (Lipinski definition) is 3. The number of piperazine rings is 1. The van der Waals surface area contributed by atoms with Crippen molar-refractivity contribution in [2.24, 2.45) is 0 Å². The molecule has 146 valence electrons. The first-order valence-electron chi connectivity index (χ1n) is 9.50. The normalized spacial score (nSPS) is 18.5.